The van der Waals surface area contributed by atoms with Crippen LogP contribution in [0.15, 0.2) is 48.9 Å². The van der Waals surface area contributed by atoms with E-state index in [0.717, 1.165) is 56.5 Å². The number of aromatic nitrogens is 5. The van der Waals surface area contributed by atoms with Crippen LogP contribution in [0, 0.1) is 11.8 Å². The van der Waals surface area contributed by atoms with Gasteiger partial charge in [-0.25, -0.2) is 15.0 Å². The van der Waals surface area contributed by atoms with Gasteiger partial charge in [0.15, 0.2) is 5.82 Å². The van der Waals surface area contributed by atoms with Crippen molar-refractivity contribution in [2.75, 3.05) is 5.32 Å². The van der Waals surface area contributed by atoms with Gasteiger partial charge in [0, 0.05) is 45.7 Å². The highest BCUT2D eigenvalue weighted by Crippen LogP contribution is 2.54. The number of hydrogen-bond donors (Lipinski definition) is 2. The van der Waals surface area contributed by atoms with E-state index in [0.29, 0.717) is 12.0 Å². The van der Waals surface area contributed by atoms with E-state index >= 15 is 0 Å². The number of benzene rings is 1. The first kappa shape index (κ1) is 18.8. The number of rotatable bonds is 4. The van der Waals surface area contributed by atoms with Crippen LogP contribution in [-0.2, 0) is 0 Å². The lowest BCUT2D eigenvalue weighted by Gasteiger charge is -2.27. The van der Waals surface area contributed by atoms with Crippen molar-refractivity contribution in [2.45, 2.75) is 50.5 Å². The monoisotopic (exact) mass is 446 g/mol. The Labute approximate surface area is 197 Å². The van der Waals surface area contributed by atoms with Gasteiger partial charge in [-0.15, -0.1) is 0 Å². The summed E-state index contributed by atoms with van der Waals surface area (Å²) in [5, 5.41) is 7.30. The van der Waals surface area contributed by atoms with E-state index in [9.17, 15) is 0 Å². The third-order valence-corrected chi connectivity index (χ3v) is 8.53. The van der Waals surface area contributed by atoms with Crippen LogP contribution in [0.2, 0.25) is 0 Å². The van der Waals surface area contributed by atoms with E-state index in [1.165, 1.54) is 49.5 Å². The summed E-state index contributed by atoms with van der Waals surface area (Å²) in [4.78, 5) is 23.0. The maximum absolute atomic E-state index is 5.22. The lowest BCUT2D eigenvalue weighted by atomic mass is 9.79. The number of hydrogen-bond acceptors (Lipinski definition) is 5. The topological polar surface area (TPSA) is 79.4 Å². The number of pyridine rings is 2. The van der Waals surface area contributed by atoms with E-state index in [-0.39, 0.29) is 0 Å². The van der Waals surface area contributed by atoms with Gasteiger partial charge >= 0.3 is 0 Å². The molecule has 0 radical (unpaired) electrons. The molecule has 2 unspecified atom stereocenters. The molecule has 0 aliphatic heterocycles. The highest BCUT2D eigenvalue weighted by Gasteiger charge is 2.53. The van der Waals surface area contributed by atoms with Gasteiger partial charge in [-0.1, -0.05) is 31.0 Å². The summed E-state index contributed by atoms with van der Waals surface area (Å²) in [6.07, 6.45) is 13.6. The van der Waals surface area contributed by atoms with Crippen molar-refractivity contribution in [3.63, 3.8) is 0 Å². The van der Waals surface area contributed by atoms with Crippen LogP contribution in [0.25, 0.3) is 44.2 Å². The lowest BCUT2D eigenvalue weighted by molar-refractivity contribution is 0.421. The van der Waals surface area contributed by atoms with Crippen molar-refractivity contribution in [1.29, 1.82) is 0 Å². The molecular formula is C28H26N6. The molecule has 3 saturated carbocycles. The van der Waals surface area contributed by atoms with Crippen LogP contribution in [0.3, 0.4) is 0 Å². The first-order valence-electron chi connectivity index (χ1n) is 12.6. The zero-order valence-electron chi connectivity index (χ0n) is 19.0. The van der Waals surface area contributed by atoms with Gasteiger partial charge in [-0.2, -0.15) is 0 Å². The fourth-order valence-electron chi connectivity index (χ4n) is 6.51. The zero-order chi connectivity index (χ0) is 22.2. The molecule has 6 heteroatoms. The Morgan fingerprint density at radius 1 is 0.882 bits per heavy atom. The standard InChI is InChI=1S/C28H26N6/c1-2-10-21-18(7-1)23-19(11-12-30-27(23)31-21)26-32-22-14-29-13-20(15-5-3-6-15)24(22)28(34-26)33-25-16-8-4-9-17(16)25/h1-2,7,10-17,25H,3-6,8-9H2,(H,30,31)(H,32,33,34). The summed E-state index contributed by atoms with van der Waals surface area (Å²) >= 11 is 0. The van der Waals surface area contributed by atoms with Crippen molar-refractivity contribution in [1.82, 2.24) is 24.9 Å². The fourth-order valence-corrected chi connectivity index (χ4v) is 6.51. The molecular weight excluding hydrogens is 420 g/mol. The van der Waals surface area contributed by atoms with Crippen molar-refractivity contribution in [2.24, 2.45) is 11.8 Å². The molecule has 3 aliphatic carbocycles. The van der Waals surface area contributed by atoms with Gasteiger partial charge in [0.2, 0.25) is 0 Å². The summed E-state index contributed by atoms with van der Waals surface area (Å²) in [6, 6.07) is 10.9. The van der Waals surface area contributed by atoms with Gasteiger partial charge in [-0.3, -0.25) is 4.98 Å². The minimum Gasteiger partial charge on any atom is -0.366 e. The Morgan fingerprint density at radius 3 is 2.59 bits per heavy atom. The molecule has 4 heterocycles. The molecule has 0 amide bonds. The van der Waals surface area contributed by atoms with E-state index in [1.807, 2.05) is 24.5 Å². The van der Waals surface area contributed by atoms with Gasteiger partial charge in [0.1, 0.15) is 11.5 Å². The van der Waals surface area contributed by atoms with Crippen molar-refractivity contribution in [3.8, 4) is 11.4 Å². The molecule has 3 fully saturated rings. The van der Waals surface area contributed by atoms with Crippen LogP contribution >= 0.6 is 0 Å². The molecule has 2 N–H and O–H groups in total. The maximum Gasteiger partial charge on any atom is 0.163 e. The fraction of sp³-hybridized carbons (Fsp3) is 0.357. The Kier molecular flexibility index (Phi) is 3.87. The van der Waals surface area contributed by atoms with Gasteiger partial charge in [0.25, 0.3) is 0 Å². The number of fused-ring (bicyclic) bond motifs is 5. The third-order valence-electron chi connectivity index (χ3n) is 8.53. The van der Waals surface area contributed by atoms with Crippen LogP contribution in [0.5, 0.6) is 0 Å². The SMILES string of the molecule is c1ccc2c(c1)[nH]c1nccc(-c3nc(NC4C5CCCC54)c4c(C5CCC5)cncc4n3)c12. The molecule has 8 rings (SSSR count). The van der Waals surface area contributed by atoms with Crippen LogP contribution in [-0.4, -0.2) is 31.0 Å². The average molecular weight is 447 g/mol. The number of nitrogens with zero attached hydrogens (tertiary/aromatic N) is 4. The van der Waals surface area contributed by atoms with Gasteiger partial charge in [-0.05, 0) is 61.1 Å². The molecule has 0 bridgehead atoms. The van der Waals surface area contributed by atoms with Gasteiger partial charge < -0.3 is 10.3 Å². The first-order valence-corrected chi connectivity index (χ1v) is 12.6. The summed E-state index contributed by atoms with van der Waals surface area (Å²) in [5.74, 6) is 3.93. The number of aromatic amines is 1. The number of para-hydroxylation sites is 1. The second-order valence-electron chi connectivity index (χ2n) is 10.3. The second kappa shape index (κ2) is 6.98. The number of nitrogens with one attached hydrogen (secondary N) is 2. The zero-order valence-corrected chi connectivity index (χ0v) is 19.0. The molecule has 6 nitrogen and oxygen atoms in total. The normalized spacial score (nSPS) is 23.9. The van der Waals surface area contributed by atoms with Crippen molar-refractivity contribution in [3.05, 3.63) is 54.5 Å². The smallest absolute Gasteiger partial charge is 0.163 e. The molecule has 34 heavy (non-hydrogen) atoms. The predicted octanol–water partition coefficient (Wildman–Crippen LogP) is 6.20. The largest absolute Gasteiger partial charge is 0.366 e. The highest BCUT2D eigenvalue weighted by atomic mass is 15.1. The average Bonchev–Trinajstić information content (AvgIpc) is 3.16. The molecule has 1 aromatic carbocycles. The Morgan fingerprint density at radius 2 is 1.74 bits per heavy atom. The Hall–Kier alpha value is -3.54. The first-order chi connectivity index (χ1) is 16.8. The van der Waals surface area contributed by atoms with E-state index in [2.05, 4.69) is 44.7 Å². The summed E-state index contributed by atoms with van der Waals surface area (Å²) in [5.41, 5.74) is 5.21. The molecule has 2 atom stereocenters. The summed E-state index contributed by atoms with van der Waals surface area (Å²) in [6.45, 7) is 0. The highest BCUT2D eigenvalue weighted by molar-refractivity contribution is 6.12. The van der Waals surface area contributed by atoms with Crippen molar-refractivity contribution < 1.29 is 0 Å². The van der Waals surface area contributed by atoms with E-state index in [4.69, 9.17) is 9.97 Å². The minimum atomic E-state index is 0.549. The Bertz CT molecular complexity index is 1570. The van der Waals surface area contributed by atoms with Gasteiger partial charge in [0.05, 0.1) is 11.7 Å². The lowest BCUT2D eigenvalue weighted by Crippen LogP contribution is -2.14. The molecule has 5 aromatic rings. The van der Waals surface area contributed by atoms with Crippen LogP contribution in [0.1, 0.15) is 50.0 Å². The third kappa shape index (κ3) is 2.68. The van der Waals surface area contributed by atoms with Crippen LogP contribution in [0.4, 0.5) is 5.82 Å². The van der Waals surface area contributed by atoms with E-state index < -0.39 is 0 Å². The minimum absolute atomic E-state index is 0.549. The summed E-state index contributed by atoms with van der Waals surface area (Å²) in [7, 11) is 0. The number of anilines is 1. The Balaban J connectivity index is 1.35. The maximum atomic E-state index is 5.22. The molecule has 168 valence electrons. The predicted molar refractivity (Wildman–Crippen MR) is 135 cm³/mol. The molecule has 0 spiro atoms. The van der Waals surface area contributed by atoms with E-state index in [1.54, 1.807) is 0 Å². The second-order valence-corrected chi connectivity index (χ2v) is 10.3. The quantitative estimate of drug-likeness (QED) is 0.344. The molecule has 4 aromatic heterocycles. The molecule has 3 aliphatic rings. The van der Waals surface area contributed by atoms with Crippen molar-refractivity contribution >= 4 is 38.7 Å². The van der Waals surface area contributed by atoms with Crippen LogP contribution < -0.4 is 5.32 Å². The molecule has 0 saturated heterocycles. The number of H-pyrrole nitrogens is 1. The summed E-state index contributed by atoms with van der Waals surface area (Å²) < 4.78 is 0.